The minimum atomic E-state index is -0.618. The Morgan fingerprint density at radius 3 is 2.46 bits per heavy atom. The fourth-order valence-electron chi connectivity index (χ4n) is 3.65. The highest BCUT2D eigenvalue weighted by Gasteiger charge is 2.44. The van der Waals surface area contributed by atoms with Gasteiger partial charge < -0.3 is 10.2 Å². The summed E-state index contributed by atoms with van der Waals surface area (Å²) in [6.07, 6.45) is 1.63. The Morgan fingerprint density at radius 2 is 1.82 bits per heavy atom. The van der Waals surface area contributed by atoms with Crippen LogP contribution >= 0.6 is 0 Å². The third-order valence-corrected chi connectivity index (χ3v) is 5.08. The summed E-state index contributed by atoms with van der Waals surface area (Å²) >= 11 is 0. The van der Waals surface area contributed by atoms with E-state index in [4.69, 9.17) is 0 Å². The van der Waals surface area contributed by atoms with Crippen LogP contribution in [0.3, 0.4) is 0 Å². The van der Waals surface area contributed by atoms with Crippen LogP contribution in [0.2, 0.25) is 0 Å². The third kappa shape index (κ3) is 2.97. The predicted molar refractivity (Wildman–Crippen MR) is 105 cm³/mol. The van der Waals surface area contributed by atoms with Gasteiger partial charge in [-0.05, 0) is 36.8 Å². The summed E-state index contributed by atoms with van der Waals surface area (Å²) in [4.78, 5) is 29.2. The highest BCUT2D eigenvalue weighted by Crippen LogP contribution is 2.38. The summed E-state index contributed by atoms with van der Waals surface area (Å²) in [5.74, 6) is -0.533. The smallest absolute Gasteiger partial charge is 0.322 e. The van der Waals surface area contributed by atoms with E-state index in [0.717, 1.165) is 11.3 Å². The van der Waals surface area contributed by atoms with Gasteiger partial charge in [-0.3, -0.25) is 9.69 Å². The van der Waals surface area contributed by atoms with E-state index in [2.05, 4.69) is 11.9 Å². The fourth-order valence-corrected chi connectivity index (χ4v) is 3.65. The van der Waals surface area contributed by atoms with Gasteiger partial charge in [0, 0.05) is 12.2 Å². The van der Waals surface area contributed by atoms with Crippen molar-refractivity contribution in [1.29, 1.82) is 0 Å². The molecule has 0 fully saturated rings. The molecule has 0 saturated carbocycles. The van der Waals surface area contributed by atoms with Crippen LogP contribution in [0.4, 0.5) is 14.9 Å². The second-order valence-corrected chi connectivity index (χ2v) is 6.92. The van der Waals surface area contributed by atoms with E-state index in [0.29, 0.717) is 29.9 Å². The molecule has 3 amide bonds. The molecule has 0 radical (unpaired) electrons. The number of aryl methyl sites for hydroxylation is 1. The Bertz CT molecular complexity index is 980. The van der Waals surface area contributed by atoms with Crippen molar-refractivity contribution in [2.24, 2.45) is 0 Å². The molecule has 2 aliphatic heterocycles. The van der Waals surface area contributed by atoms with E-state index >= 15 is 0 Å². The molecule has 2 aromatic carbocycles. The number of nitrogens with one attached hydrogen (secondary N) is 1. The van der Waals surface area contributed by atoms with Crippen molar-refractivity contribution in [3.63, 3.8) is 0 Å². The molecule has 0 bridgehead atoms. The molecule has 2 aliphatic rings. The van der Waals surface area contributed by atoms with Gasteiger partial charge in [-0.25, -0.2) is 9.18 Å². The van der Waals surface area contributed by atoms with Gasteiger partial charge in [-0.2, -0.15) is 0 Å². The van der Waals surface area contributed by atoms with Gasteiger partial charge in [-0.1, -0.05) is 35.9 Å². The summed E-state index contributed by atoms with van der Waals surface area (Å²) in [6, 6.07) is 12.6. The number of hydrogen-bond donors (Lipinski definition) is 1. The molecule has 6 heteroatoms. The second-order valence-electron chi connectivity index (χ2n) is 6.92. The molecule has 0 aliphatic carbocycles. The van der Waals surface area contributed by atoms with Crippen molar-refractivity contribution < 1.29 is 14.0 Å². The van der Waals surface area contributed by atoms with Gasteiger partial charge in [0.05, 0.1) is 23.9 Å². The van der Waals surface area contributed by atoms with Gasteiger partial charge >= 0.3 is 6.03 Å². The Hall–Kier alpha value is -3.41. The molecule has 2 aromatic rings. The second kappa shape index (κ2) is 6.96. The number of halogens is 1. The zero-order valence-corrected chi connectivity index (χ0v) is 15.5. The molecule has 1 unspecified atom stereocenters. The van der Waals surface area contributed by atoms with Crippen molar-refractivity contribution >= 4 is 17.6 Å². The first-order valence-corrected chi connectivity index (χ1v) is 9.05. The lowest BCUT2D eigenvalue weighted by Crippen LogP contribution is -2.47. The van der Waals surface area contributed by atoms with Crippen LogP contribution in [0.15, 0.2) is 72.5 Å². The van der Waals surface area contributed by atoms with E-state index in [1.54, 1.807) is 23.1 Å². The first kappa shape index (κ1) is 18.0. The molecule has 4 rings (SSSR count). The van der Waals surface area contributed by atoms with Gasteiger partial charge in [0.15, 0.2) is 0 Å². The van der Waals surface area contributed by atoms with Crippen LogP contribution in [0.25, 0.3) is 0 Å². The average molecular weight is 377 g/mol. The lowest BCUT2D eigenvalue weighted by molar-refractivity contribution is -0.114. The largest absolute Gasteiger partial charge is 0.326 e. The maximum Gasteiger partial charge on any atom is 0.322 e. The zero-order valence-electron chi connectivity index (χ0n) is 15.5. The number of anilines is 1. The monoisotopic (exact) mass is 377 g/mol. The number of hydrogen-bond acceptors (Lipinski definition) is 2. The average Bonchev–Trinajstić information content (AvgIpc) is 3.02. The molecule has 1 N–H and O–H groups in total. The van der Waals surface area contributed by atoms with Gasteiger partial charge in [0.2, 0.25) is 0 Å². The number of carbonyl (C=O) groups is 2. The molecule has 0 saturated heterocycles. The predicted octanol–water partition coefficient (Wildman–Crippen LogP) is 3.69. The first-order valence-electron chi connectivity index (χ1n) is 9.05. The maximum absolute atomic E-state index is 13.4. The summed E-state index contributed by atoms with van der Waals surface area (Å²) in [5, 5.41) is 2.88. The molecule has 0 spiro atoms. The Labute approximate surface area is 162 Å². The summed E-state index contributed by atoms with van der Waals surface area (Å²) in [6.45, 7) is 6.30. The SMILES string of the molecule is C=CCN1C(=O)NC(c2ccc(F)cc2)C2=C1CN(c1ccc(C)cc1)C2=O. The minimum absolute atomic E-state index is 0.165. The number of nitrogens with zero attached hydrogens (tertiary/aromatic N) is 2. The minimum Gasteiger partial charge on any atom is -0.326 e. The van der Waals surface area contributed by atoms with Crippen LogP contribution in [-0.2, 0) is 4.79 Å². The summed E-state index contributed by atoms with van der Waals surface area (Å²) < 4.78 is 13.4. The lowest BCUT2D eigenvalue weighted by Gasteiger charge is -2.33. The van der Waals surface area contributed by atoms with Gasteiger partial charge in [0.25, 0.3) is 5.91 Å². The van der Waals surface area contributed by atoms with E-state index in [-0.39, 0.29) is 17.8 Å². The van der Waals surface area contributed by atoms with Crippen molar-refractivity contribution in [2.75, 3.05) is 18.0 Å². The van der Waals surface area contributed by atoms with Gasteiger partial charge in [0.1, 0.15) is 5.82 Å². The van der Waals surface area contributed by atoms with Crippen LogP contribution in [-0.4, -0.2) is 29.9 Å². The van der Waals surface area contributed by atoms with Crippen LogP contribution < -0.4 is 10.2 Å². The fraction of sp³-hybridized carbons (Fsp3) is 0.182. The van der Waals surface area contributed by atoms with Crippen molar-refractivity contribution in [1.82, 2.24) is 10.2 Å². The van der Waals surface area contributed by atoms with Crippen molar-refractivity contribution in [2.45, 2.75) is 13.0 Å². The molecule has 1 atom stereocenters. The third-order valence-electron chi connectivity index (χ3n) is 5.08. The molecule has 0 aromatic heterocycles. The van der Waals surface area contributed by atoms with E-state index in [1.807, 2.05) is 31.2 Å². The molecule has 2 heterocycles. The normalized spacial score (nSPS) is 19.0. The van der Waals surface area contributed by atoms with Crippen LogP contribution in [0, 0.1) is 12.7 Å². The Morgan fingerprint density at radius 1 is 1.14 bits per heavy atom. The Balaban J connectivity index is 1.77. The number of urea groups is 1. The molecule has 5 nitrogen and oxygen atoms in total. The zero-order chi connectivity index (χ0) is 19.8. The van der Waals surface area contributed by atoms with Crippen molar-refractivity contribution in [3.8, 4) is 0 Å². The highest BCUT2D eigenvalue weighted by atomic mass is 19.1. The number of carbonyl (C=O) groups excluding carboxylic acids is 2. The number of benzene rings is 2. The van der Waals surface area contributed by atoms with Crippen molar-refractivity contribution in [3.05, 3.63) is 89.4 Å². The van der Waals surface area contributed by atoms with E-state index < -0.39 is 6.04 Å². The standard InChI is InChI=1S/C22H20FN3O2/c1-3-12-25-18-13-26(17-10-4-14(2)5-11-17)21(27)19(18)20(24-22(25)28)15-6-8-16(23)9-7-15/h3-11,20H,1,12-13H2,2H3,(H,24,28). The highest BCUT2D eigenvalue weighted by molar-refractivity contribution is 6.11. The quantitative estimate of drug-likeness (QED) is 0.827. The van der Waals surface area contributed by atoms with E-state index in [9.17, 15) is 14.0 Å². The number of amides is 3. The first-order chi connectivity index (χ1) is 13.5. The summed E-state index contributed by atoms with van der Waals surface area (Å²) in [5.41, 5.74) is 3.70. The van der Waals surface area contributed by atoms with Crippen LogP contribution in [0.5, 0.6) is 0 Å². The Kier molecular flexibility index (Phi) is 4.47. The lowest BCUT2D eigenvalue weighted by atomic mass is 9.95. The van der Waals surface area contributed by atoms with Gasteiger partial charge in [-0.15, -0.1) is 6.58 Å². The molecular weight excluding hydrogens is 357 g/mol. The molecule has 28 heavy (non-hydrogen) atoms. The maximum atomic E-state index is 13.4. The number of rotatable bonds is 4. The summed E-state index contributed by atoms with van der Waals surface area (Å²) in [7, 11) is 0. The van der Waals surface area contributed by atoms with E-state index in [1.165, 1.54) is 17.0 Å². The molecular formula is C22H20FN3O2. The topological polar surface area (TPSA) is 52.7 Å². The molecule has 142 valence electrons. The van der Waals surface area contributed by atoms with Crippen LogP contribution in [0.1, 0.15) is 17.2 Å².